The second-order valence-corrected chi connectivity index (χ2v) is 3.99. The molecule has 16 heavy (non-hydrogen) atoms. The van der Waals surface area contributed by atoms with E-state index in [1.807, 2.05) is 6.92 Å². The van der Waals surface area contributed by atoms with E-state index in [4.69, 9.17) is 22.1 Å². The first-order valence-corrected chi connectivity index (χ1v) is 5.35. The van der Waals surface area contributed by atoms with Crippen molar-refractivity contribution in [3.05, 3.63) is 22.5 Å². The van der Waals surface area contributed by atoms with E-state index in [9.17, 15) is 9.50 Å². The molecule has 1 aromatic rings. The molecular formula is C11H15ClFNO2. The molecule has 1 atom stereocenters. The molecule has 0 bridgehead atoms. The molecule has 0 heterocycles. The van der Waals surface area contributed by atoms with Crippen LogP contribution < -0.4 is 10.5 Å². The minimum absolute atomic E-state index is 0.0180. The molecule has 5 heteroatoms. The first kappa shape index (κ1) is 13.1. The fraction of sp³-hybridized carbons (Fsp3) is 0.455. The van der Waals surface area contributed by atoms with Gasteiger partial charge >= 0.3 is 0 Å². The summed E-state index contributed by atoms with van der Waals surface area (Å²) in [6.45, 7) is 2.31. The molecular weight excluding hydrogens is 233 g/mol. The highest BCUT2D eigenvalue weighted by molar-refractivity contribution is 6.31. The Labute approximate surface area is 99.0 Å². The Morgan fingerprint density at radius 1 is 1.62 bits per heavy atom. The Morgan fingerprint density at radius 2 is 2.25 bits per heavy atom. The van der Waals surface area contributed by atoms with Gasteiger partial charge in [-0.15, -0.1) is 0 Å². The molecule has 90 valence electrons. The molecule has 0 amide bonds. The zero-order chi connectivity index (χ0) is 12.3. The first-order chi connectivity index (χ1) is 7.52. The van der Waals surface area contributed by atoms with Gasteiger partial charge < -0.3 is 15.6 Å². The number of nitrogens with two attached hydrogens (primary N) is 1. The van der Waals surface area contributed by atoms with Crippen molar-refractivity contribution in [2.45, 2.75) is 19.3 Å². The Morgan fingerprint density at radius 3 is 2.75 bits per heavy atom. The van der Waals surface area contributed by atoms with E-state index in [0.29, 0.717) is 18.5 Å². The monoisotopic (exact) mass is 247 g/mol. The molecule has 0 aliphatic rings. The molecule has 0 radical (unpaired) electrons. The Balaban J connectivity index is 3.32. The molecule has 0 aliphatic carbocycles. The molecule has 1 rings (SSSR count). The zero-order valence-electron chi connectivity index (χ0n) is 9.26. The van der Waals surface area contributed by atoms with E-state index in [2.05, 4.69) is 0 Å². The van der Waals surface area contributed by atoms with E-state index < -0.39 is 5.82 Å². The van der Waals surface area contributed by atoms with Crippen molar-refractivity contribution in [3.63, 3.8) is 0 Å². The molecule has 3 nitrogen and oxygen atoms in total. The number of phenols is 1. The van der Waals surface area contributed by atoms with Gasteiger partial charge in [-0.3, -0.25) is 0 Å². The van der Waals surface area contributed by atoms with Gasteiger partial charge in [0.15, 0.2) is 11.5 Å². The lowest BCUT2D eigenvalue weighted by atomic mass is 9.96. The van der Waals surface area contributed by atoms with Crippen LogP contribution in [0.4, 0.5) is 4.39 Å². The highest BCUT2D eigenvalue weighted by atomic mass is 35.5. The second kappa shape index (κ2) is 5.37. The van der Waals surface area contributed by atoms with Crippen molar-refractivity contribution in [3.8, 4) is 11.5 Å². The van der Waals surface area contributed by atoms with Crippen LogP contribution in [0, 0.1) is 5.82 Å². The van der Waals surface area contributed by atoms with E-state index >= 15 is 0 Å². The second-order valence-electron chi connectivity index (χ2n) is 3.62. The number of hydrogen-bond donors (Lipinski definition) is 2. The standard InChI is InChI=1S/C11H15ClFNO2/c1-6(3-4-14)9-10(12)7(13)5-8(15)11(9)16-2/h5-6,15H,3-4,14H2,1-2H3. The lowest BCUT2D eigenvalue weighted by Gasteiger charge is -2.18. The Bertz CT molecular complexity index is 385. The average molecular weight is 248 g/mol. The van der Waals surface area contributed by atoms with Crippen LogP contribution in [0.3, 0.4) is 0 Å². The van der Waals surface area contributed by atoms with Crippen LogP contribution in [-0.4, -0.2) is 18.8 Å². The third-order valence-corrected chi connectivity index (χ3v) is 2.87. The van der Waals surface area contributed by atoms with Crippen molar-refractivity contribution in [2.24, 2.45) is 5.73 Å². The summed E-state index contributed by atoms with van der Waals surface area (Å²) in [4.78, 5) is 0. The summed E-state index contributed by atoms with van der Waals surface area (Å²) < 4.78 is 18.4. The number of hydrogen-bond acceptors (Lipinski definition) is 3. The van der Waals surface area contributed by atoms with E-state index in [1.54, 1.807) is 0 Å². The number of halogens is 2. The molecule has 0 spiro atoms. The van der Waals surface area contributed by atoms with Gasteiger partial charge in [0.1, 0.15) is 5.82 Å². The minimum Gasteiger partial charge on any atom is -0.504 e. The van der Waals surface area contributed by atoms with Gasteiger partial charge in [0.25, 0.3) is 0 Å². The predicted molar refractivity (Wildman–Crippen MR) is 61.7 cm³/mol. The van der Waals surface area contributed by atoms with E-state index in [1.165, 1.54) is 7.11 Å². The molecule has 0 aliphatic heterocycles. The Hall–Kier alpha value is -1.00. The van der Waals surface area contributed by atoms with Crippen LogP contribution in [0.15, 0.2) is 6.07 Å². The summed E-state index contributed by atoms with van der Waals surface area (Å²) in [5, 5.41) is 9.54. The lowest BCUT2D eigenvalue weighted by Crippen LogP contribution is -2.07. The van der Waals surface area contributed by atoms with Gasteiger partial charge in [-0.05, 0) is 18.9 Å². The quantitative estimate of drug-likeness (QED) is 0.860. The largest absolute Gasteiger partial charge is 0.504 e. The number of aromatic hydroxyl groups is 1. The first-order valence-electron chi connectivity index (χ1n) is 4.97. The summed E-state index contributed by atoms with van der Waals surface area (Å²) in [6.07, 6.45) is 0.638. The molecule has 0 saturated heterocycles. The van der Waals surface area contributed by atoms with Crippen LogP contribution in [0.5, 0.6) is 11.5 Å². The van der Waals surface area contributed by atoms with Crippen LogP contribution in [0.1, 0.15) is 24.8 Å². The van der Waals surface area contributed by atoms with Crippen molar-refractivity contribution >= 4 is 11.6 Å². The van der Waals surface area contributed by atoms with Gasteiger partial charge in [0.05, 0.1) is 12.1 Å². The number of phenolic OH excluding ortho intramolecular Hbond substituents is 1. The van der Waals surface area contributed by atoms with Crippen LogP contribution in [-0.2, 0) is 0 Å². The van der Waals surface area contributed by atoms with Gasteiger partial charge in [0, 0.05) is 11.6 Å². The molecule has 0 aromatic heterocycles. The molecule has 0 fully saturated rings. The number of ether oxygens (including phenoxy) is 1. The Kier molecular flexibility index (Phi) is 4.38. The normalized spacial score (nSPS) is 12.6. The van der Waals surface area contributed by atoms with Crippen LogP contribution in [0.2, 0.25) is 5.02 Å². The summed E-state index contributed by atoms with van der Waals surface area (Å²) in [7, 11) is 1.40. The summed E-state index contributed by atoms with van der Waals surface area (Å²) in [5.74, 6) is -0.761. The summed E-state index contributed by atoms with van der Waals surface area (Å²) in [6, 6.07) is 0.944. The van der Waals surface area contributed by atoms with Crippen molar-refractivity contribution in [1.82, 2.24) is 0 Å². The lowest BCUT2D eigenvalue weighted by molar-refractivity contribution is 0.363. The van der Waals surface area contributed by atoms with Crippen molar-refractivity contribution in [1.29, 1.82) is 0 Å². The predicted octanol–water partition coefficient (Wildman–Crippen LogP) is 2.65. The number of rotatable bonds is 4. The average Bonchev–Trinajstić information content (AvgIpc) is 2.23. The van der Waals surface area contributed by atoms with Gasteiger partial charge in [-0.25, -0.2) is 4.39 Å². The van der Waals surface area contributed by atoms with Crippen molar-refractivity contribution in [2.75, 3.05) is 13.7 Å². The maximum absolute atomic E-state index is 13.4. The SMILES string of the molecule is COc1c(O)cc(F)c(Cl)c1C(C)CCN. The molecule has 0 saturated carbocycles. The maximum Gasteiger partial charge on any atom is 0.165 e. The number of methoxy groups -OCH3 is 1. The highest BCUT2D eigenvalue weighted by Crippen LogP contribution is 2.42. The third-order valence-electron chi connectivity index (χ3n) is 2.48. The van der Waals surface area contributed by atoms with Gasteiger partial charge in [0.2, 0.25) is 0 Å². The third kappa shape index (κ3) is 2.39. The molecule has 3 N–H and O–H groups in total. The number of benzene rings is 1. The zero-order valence-corrected chi connectivity index (χ0v) is 10.0. The topological polar surface area (TPSA) is 55.5 Å². The van der Waals surface area contributed by atoms with Crippen molar-refractivity contribution < 1.29 is 14.2 Å². The van der Waals surface area contributed by atoms with Crippen LogP contribution in [0.25, 0.3) is 0 Å². The summed E-state index contributed by atoms with van der Waals surface area (Å²) >= 11 is 5.87. The van der Waals surface area contributed by atoms with Crippen LogP contribution >= 0.6 is 11.6 Å². The summed E-state index contributed by atoms with van der Waals surface area (Å²) in [5.41, 5.74) is 5.91. The smallest absolute Gasteiger partial charge is 0.165 e. The van der Waals surface area contributed by atoms with E-state index in [0.717, 1.165) is 6.07 Å². The minimum atomic E-state index is -0.654. The maximum atomic E-state index is 13.4. The fourth-order valence-electron chi connectivity index (χ4n) is 1.66. The molecule has 1 unspecified atom stereocenters. The van der Waals surface area contributed by atoms with E-state index in [-0.39, 0.29) is 22.4 Å². The molecule has 1 aromatic carbocycles. The highest BCUT2D eigenvalue weighted by Gasteiger charge is 2.21. The fourth-order valence-corrected chi connectivity index (χ4v) is 1.99. The van der Waals surface area contributed by atoms with Gasteiger partial charge in [-0.1, -0.05) is 18.5 Å². The van der Waals surface area contributed by atoms with Gasteiger partial charge in [-0.2, -0.15) is 0 Å².